The van der Waals surface area contributed by atoms with Crippen LogP contribution in [-0.4, -0.2) is 35.1 Å². The number of benzene rings is 1. The topological polar surface area (TPSA) is 55.8 Å². The summed E-state index contributed by atoms with van der Waals surface area (Å²) in [7, 11) is 0. The third kappa shape index (κ3) is 4.08. The number of carbonyl (C=O) groups is 1. The standard InChI is InChI=1S/C32H44O4S/c1-31-9-8-26-25-5-3-24(17-21(25)2-4-27(26)28(31)6-7-29(31)33)36-18-30(34)35-11-10-32(37)22-13-19-12-20(15-22)16-23(32)14-19/h3,5,17,19-20,22-23,26-29,33,37H,2,4,6-16,18H2,1H3/t19?,20?,22?,23?,26-,27-,28+,29+,31+,32?/m1/s1. The van der Waals surface area contributed by atoms with Crippen molar-refractivity contribution in [1.29, 1.82) is 0 Å². The van der Waals surface area contributed by atoms with E-state index in [1.165, 1.54) is 62.5 Å². The number of aliphatic hydroxyl groups excluding tert-OH is 1. The monoisotopic (exact) mass is 524 g/mol. The van der Waals surface area contributed by atoms with Crippen LogP contribution in [0.4, 0.5) is 0 Å². The molecule has 1 aromatic rings. The zero-order chi connectivity index (χ0) is 25.4. The summed E-state index contributed by atoms with van der Waals surface area (Å²) in [4.78, 5) is 12.5. The molecule has 0 heterocycles. The molecule has 0 aromatic heterocycles. The average molecular weight is 525 g/mol. The maximum atomic E-state index is 12.5. The number of aryl methyl sites for hydroxylation is 1. The molecule has 6 fully saturated rings. The lowest BCUT2D eigenvalue weighted by Gasteiger charge is -2.59. The molecule has 4 bridgehead atoms. The fraction of sp³-hybridized carbons (Fsp3) is 0.781. The van der Waals surface area contributed by atoms with E-state index in [4.69, 9.17) is 22.1 Å². The minimum Gasteiger partial charge on any atom is -0.482 e. The van der Waals surface area contributed by atoms with Gasteiger partial charge in [0.1, 0.15) is 5.75 Å². The highest BCUT2D eigenvalue weighted by atomic mass is 32.1. The second-order valence-corrected chi connectivity index (χ2v) is 14.8. The third-order valence-electron chi connectivity index (χ3n) is 12.3. The normalized spacial score (nSPS) is 45.2. The number of fused-ring (bicyclic) bond motifs is 5. The molecule has 0 spiro atoms. The number of thiol groups is 1. The fourth-order valence-electron chi connectivity index (χ4n) is 10.5. The van der Waals surface area contributed by atoms with E-state index in [1.54, 1.807) is 0 Å². The van der Waals surface area contributed by atoms with Gasteiger partial charge in [0.25, 0.3) is 0 Å². The molecule has 0 saturated heterocycles. The molecule has 37 heavy (non-hydrogen) atoms. The number of aliphatic hydroxyl groups is 1. The third-order valence-corrected chi connectivity index (χ3v) is 13.3. The first-order valence-corrected chi connectivity index (χ1v) is 15.6. The second kappa shape index (κ2) is 9.18. The predicted molar refractivity (Wildman–Crippen MR) is 147 cm³/mol. The van der Waals surface area contributed by atoms with Crippen molar-refractivity contribution >= 4 is 18.6 Å². The molecular formula is C32H44O4S. The zero-order valence-electron chi connectivity index (χ0n) is 22.4. The first-order valence-electron chi connectivity index (χ1n) is 15.1. The maximum absolute atomic E-state index is 12.5. The van der Waals surface area contributed by atoms with Crippen molar-refractivity contribution in [2.75, 3.05) is 13.2 Å². The van der Waals surface area contributed by atoms with Gasteiger partial charge < -0.3 is 14.6 Å². The van der Waals surface area contributed by atoms with Crippen LogP contribution < -0.4 is 4.74 Å². The van der Waals surface area contributed by atoms with Crippen LogP contribution in [0, 0.1) is 40.9 Å². The van der Waals surface area contributed by atoms with E-state index in [2.05, 4.69) is 19.1 Å². The number of esters is 1. The van der Waals surface area contributed by atoms with E-state index in [0.29, 0.717) is 36.2 Å². The number of hydrogen-bond donors (Lipinski definition) is 2. The van der Waals surface area contributed by atoms with Crippen molar-refractivity contribution < 1.29 is 19.4 Å². The highest BCUT2D eigenvalue weighted by molar-refractivity contribution is 7.81. The van der Waals surface area contributed by atoms with Gasteiger partial charge in [0, 0.05) is 4.75 Å². The SMILES string of the molecule is C[C@]12CC[C@@H]3c4ccc(OCC(=O)OCCC5(S)C6CC7CC(C6)CC5C7)cc4CC[C@H]3[C@@H]1CC[C@@H]2O. The quantitative estimate of drug-likeness (QED) is 0.337. The van der Waals surface area contributed by atoms with E-state index >= 15 is 0 Å². The first kappa shape index (κ1) is 24.8. The Morgan fingerprint density at radius 1 is 1.05 bits per heavy atom. The first-order chi connectivity index (χ1) is 17.8. The number of hydrogen-bond acceptors (Lipinski definition) is 5. The molecule has 6 saturated carbocycles. The van der Waals surface area contributed by atoms with Crippen LogP contribution >= 0.6 is 12.6 Å². The van der Waals surface area contributed by atoms with Gasteiger partial charge in [-0.15, -0.1) is 0 Å². The van der Waals surface area contributed by atoms with Crippen LogP contribution in [0.1, 0.15) is 94.6 Å². The molecular weight excluding hydrogens is 480 g/mol. The second-order valence-electron chi connectivity index (χ2n) is 14.0. The molecule has 202 valence electrons. The van der Waals surface area contributed by atoms with Gasteiger partial charge in [0.2, 0.25) is 0 Å². The molecule has 0 aliphatic heterocycles. The predicted octanol–water partition coefficient (Wildman–Crippen LogP) is 6.34. The molecule has 0 unspecified atom stereocenters. The Morgan fingerprint density at radius 2 is 1.81 bits per heavy atom. The molecule has 5 atom stereocenters. The van der Waals surface area contributed by atoms with Gasteiger partial charge in [0.05, 0.1) is 12.7 Å². The van der Waals surface area contributed by atoms with Crippen LogP contribution in [0.3, 0.4) is 0 Å². The highest BCUT2D eigenvalue weighted by Gasteiger charge is 2.56. The molecule has 4 nitrogen and oxygen atoms in total. The summed E-state index contributed by atoms with van der Waals surface area (Å²) < 4.78 is 11.6. The van der Waals surface area contributed by atoms with E-state index in [-0.39, 0.29) is 28.8 Å². The minimum atomic E-state index is -0.273. The maximum Gasteiger partial charge on any atom is 0.344 e. The highest BCUT2D eigenvalue weighted by Crippen LogP contribution is 2.62. The summed E-state index contributed by atoms with van der Waals surface area (Å²) in [5.41, 5.74) is 2.97. The van der Waals surface area contributed by atoms with Crippen molar-refractivity contribution in [3.05, 3.63) is 29.3 Å². The van der Waals surface area contributed by atoms with Gasteiger partial charge in [-0.1, -0.05) is 13.0 Å². The van der Waals surface area contributed by atoms with Crippen molar-refractivity contribution in [2.24, 2.45) is 40.9 Å². The Bertz CT molecular complexity index is 1030. The lowest BCUT2D eigenvalue weighted by molar-refractivity contribution is -0.147. The van der Waals surface area contributed by atoms with Crippen LogP contribution in [0.25, 0.3) is 0 Å². The van der Waals surface area contributed by atoms with Gasteiger partial charge in [-0.3, -0.25) is 0 Å². The molecule has 1 aromatic carbocycles. The Hall–Kier alpha value is -1.20. The van der Waals surface area contributed by atoms with Crippen LogP contribution in [0.5, 0.6) is 5.75 Å². The number of ether oxygens (including phenoxy) is 2. The van der Waals surface area contributed by atoms with Crippen molar-refractivity contribution in [3.63, 3.8) is 0 Å². The molecule has 5 heteroatoms. The largest absolute Gasteiger partial charge is 0.482 e. The van der Waals surface area contributed by atoms with Gasteiger partial charge in [-0.05, 0) is 147 Å². The summed E-state index contributed by atoms with van der Waals surface area (Å²) >= 11 is 5.22. The van der Waals surface area contributed by atoms with Crippen molar-refractivity contribution in [1.82, 2.24) is 0 Å². The van der Waals surface area contributed by atoms with E-state index < -0.39 is 0 Å². The Morgan fingerprint density at radius 3 is 2.57 bits per heavy atom. The van der Waals surface area contributed by atoms with Crippen LogP contribution in [0.2, 0.25) is 0 Å². The summed E-state index contributed by atoms with van der Waals surface area (Å²) in [6.45, 7) is 2.76. The van der Waals surface area contributed by atoms with Crippen molar-refractivity contribution in [2.45, 2.75) is 101 Å². The number of rotatable bonds is 6. The van der Waals surface area contributed by atoms with Crippen LogP contribution in [0.15, 0.2) is 18.2 Å². The van der Waals surface area contributed by atoms with E-state index in [0.717, 1.165) is 43.3 Å². The fourth-order valence-corrected chi connectivity index (χ4v) is 11.1. The number of carbonyl (C=O) groups excluding carboxylic acids is 1. The van der Waals surface area contributed by atoms with Gasteiger partial charge in [0.15, 0.2) is 6.61 Å². The molecule has 1 N–H and O–H groups in total. The minimum absolute atomic E-state index is 0.0280. The summed E-state index contributed by atoms with van der Waals surface area (Å²) in [6, 6.07) is 6.45. The lowest BCUT2D eigenvalue weighted by atomic mass is 9.51. The Balaban J connectivity index is 0.923. The van der Waals surface area contributed by atoms with Gasteiger partial charge >= 0.3 is 5.97 Å². The van der Waals surface area contributed by atoms with E-state index in [9.17, 15) is 9.90 Å². The summed E-state index contributed by atoms with van der Waals surface area (Å²) in [6.07, 6.45) is 14.2. The summed E-state index contributed by atoms with van der Waals surface area (Å²) in [5, 5.41) is 10.6. The molecule has 0 radical (unpaired) electrons. The average Bonchev–Trinajstić information content (AvgIpc) is 3.19. The molecule has 0 amide bonds. The van der Waals surface area contributed by atoms with Crippen LogP contribution in [-0.2, 0) is 16.0 Å². The Kier molecular flexibility index (Phi) is 6.16. The Labute approximate surface area is 227 Å². The molecule has 7 aliphatic carbocycles. The molecule has 8 rings (SSSR count). The van der Waals surface area contributed by atoms with Crippen molar-refractivity contribution in [3.8, 4) is 5.75 Å². The summed E-state index contributed by atoms with van der Waals surface area (Å²) in [5.74, 6) is 5.70. The van der Waals surface area contributed by atoms with E-state index in [1.807, 2.05) is 6.07 Å². The van der Waals surface area contributed by atoms with Gasteiger partial charge in [-0.2, -0.15) is 12.6 Å². The smallest absolute Gasteiger partial charge is 0.344 e. The van der Waals surface area contributed by atoms with Gasteiger partial charge in [-0.25, -0.2) is 4.79 Å². The lowest BCUT2D eigenvalue weighted by Crippen LogP contribution is -2.55. The molecule has 7 aliphatic rings. The zero-order valence-corrected chi connectivity index (χ0v) is 23.3.